The molecule has 0 aromatic rings. The van der Waals surface area contributed by atoms with Gasteiger partial charge >= 0.3 is 0 Å². The Labute approximate surface area is 98.6 Å². The maximum absolute atomic E-state index is 9.98. The highest BCUT2D eigenvalue weighted by Crippen LogP contribution is 2.03. The van der Waals surface area contributed by atoms with E-state index in [9.17, 15) is 5.11 Å². The van der Waals surface area contributed by atoms with Gasteiger partial charge in [-0.25, -0.2) is 0 Å². The first-order valence-electron chi connectivity index (χ1n) is 5.63. The lowest BCUT2D eigenvalue weighted by Crippen LogP contribution is -2.45. The zero-order valence-corrected chi connectivity index (χ0v) is 11.4. The lowest BCUT2D eigenvalue weighted by atomic mass is 10.1. The van der Waals surface area contributed by atoms with Crippen LogP contribution < -0.4 is 5.32 Å². The van der Waals surface area contributed by atoms with E-state index < -0.39 is 5.60 Å². The Morgan fingerprint density at radius 3 is 2.60 bits per heavy atom. The summed E-state index contributed by atoms with van der Waals surface area (Å²) in [4.78, 5) is 2.01. The summed E-state index contributed by atoms with van der Waals surface area (Å²) in [6.45, 7) is 6.42. The van der Waals surface area contributed by atoms with Crippen molar-refractivity contribution in [2.24, 2.45) is 0 Å². The van der Waals surface area contributed by atoms with Gasteiger partial charge in [-0.3, -0.25) is 0 Å². The Kier molecular flexibility index (Phi) is 8.52. The number of thioether (sulfide) groups is 1. The molecule has 0 bridgehead atoms. The van der Waals surface area contributed by atoms with Crippen molar-refractivity contribution in [3.05, 3.63) is 0 Å². The molecule has 0 rings (SSSR count). The van der Waals surface area contributed by atoms with Crippen LogP contribution in [0.25, 0.3) is 0 Å². The van der Waals surface area contributed by atoms with Crippen LogP contribution >= 0.6 is 11.8 Å². The van der Waals surface area contributed by atoms with Crippen LogP contribution in [-0.4, -0.2) is 60.8 Å². The van der Waals surface area contributed by atoms with Gasteiger partial charge in [0, 0.05) is 13.1 Å². The molecule has 0 amide bonds. The van der Waals surface area contributed by atoms with Gasteiger partial charge in [0.25, 0.3) is 0 Å². The van der Waals surface area contributed by atoms with Gasteiger partial charge < -0.3 is 15.3 Å². The highest BCUT2D eigenvalue weighted by Gasteiger charge is 2.20. The minimum absolute atomic E-state index is 0.624. The maximum atomic E-state index is 9.98. The fraction of sp³-hybridized carbons (Fsp3) is 1.00. The van der Waals surface area contributed by atoms with Crippen LogP contribution in [0.2, 0.25) is 0 Å². The van der Waals surface area contributed by atoms with Gasteiger partial charge in [0.1, 0.15) is 0 Å². The smallest absolute Gasteiger partial charge is 0.0869 e. The van der Waals surface area contributed by atoms with E-state index in [-0.39, 0.29) is 0 Å². The summed E-state index contributed by atoms with van der Waals surface area (Å²) in [5.41, 5.74) is -0.624. The van der Waals surface area contributed by atoms with Crippen LogP contribution in [0.3, 0.4) is 0 Å². The van der Waals surface area contributed by atoms with Crippen LogP contribution in [0.15, 0.2) is 0 Å². The predicted molar refractivity (Wildman–Crippen MR) is 69.7 cm³/mol. The zero-order valence-electron chi connectivity index (χ0n) is 10.5. The van der Waals surface area contributed by atoms with Crippen molar-refractivity contribution in [1.29, 1.82) is 0 Å². The molecule has 0 saturated heterocycles. The average molecular weight is 234 g/mol. The maximum Gasteiger partial charge on any atom is 0.0869 e. The number of hydrogen-bond donors (Lipinski definition) is 2. The molecule has 0 heterocycles. The molecule has 0 aromatic heterocycles. The molecule has 0 aliphatic rings. The van der Waals surface area contributed by atoms with E-state index in [4.69, 9.17) is 0 Å². The molecule has 0 aliphatic carbocycles. The number of nitrogens with one attached hydrogen (secondary N) is 1. The van der Waals surface area contributed by atoms with Gasteiger partial charge in [-0.05, 0) is 45.5 Å². The summed E-state index contributed by atoms with van der Waals surface area (Å²) in [7, 11) is 3.96. The fourth-order valence-electron chi connectivity index (χ4n) is 1.54. The molecule has 0 radical (unpaired) electrons. The molecular formula is C11H26N2OS. The van der Waals surface area contributed by atoms with Gasteiger partial charge in [-0.2, -0.15) is 11.8 Å². The third kappa shape index (κ3) is 10.5. The summed E-state index contributed by atoms with van der Waals surface area (Å²) < 4.78 is 0. The Morgan fingerprint density at radius 1 is 1.40 bits per heavy atom. The van der Waals surface area contributed by atoms with Gasteiger partial charge in [0.2, 0.25) is 0 Å². The quantitative estimate of drug-likeness (QED) is 0.584. The van der Waals surface area contributed by atoms with Gasteiger partial charge in [-0.15, -0.1) is 0 Å². The van der Waals surface area contributed by atoms with Crippen molar-refractivity contribution in [2.45, 2.75) is 25.9 Å². The monoisotopic (exact) mass is 234 g/mol. The lowest BCUT2D eigenvalue weighted by Gasteiger charge is -2.27. The van der Waals surface area contributed by atoms with Crippen LogP contribution in [0.4, 0.5) is 0 Å². The van der Waals surface area contributed by atoms with E-state index in [1.54, 1.807) is 0 Å². The van der Waals surface area contributed by atoms with E-state index in [0.29, 0.717) is 13.1 Å². The lowest BCUT2D eigenvalue weighted by molar-refractivity contribution is 0.0341. The minimum atomic E-state index is -0.624. The number of nitrogens with zero attached hydrogens (tertiary/aromatic N) is 1. The molecule has 0 aromatic carbocycles. The number of rotatable bonds is 9. The van der Waals surface area contributed by atoms with Crippen molar-refractivity contribution >= 4 is 11.8 Å². The van der Waals surface area contributed by atoms with Gasteiger partial charge in [0.05, 0.1) is 5.60 Å². The van der Waals surface area contributed by atoms with Crippen molar-refractivity contribution < 1.29 is 5.11 Å². The Hall–Kier alpha value is 0.230. The first kappa shape index (κ1) is 15.2. The molecule has 0 spiro atoms. The third-order valence-electron chi connectivity index (χ3n) is 2.01. The number of hydrogen-bond acceptors (Lipinski definition) is 4. The van der Waals surface area contributed by atoms with E-state index in [0.717, 1.165) is 6.54 Å². The molecule has 1 atom stereocenters. The normalized spacial score (nSPS) is 15.6. The van der Waals surface area contributed by atoms with Crippen molar-refractivity contribution in [3.63, 3.8) is 0 Å². The largest absolute Gasteiger partial charge is 0.388 e. The SMILES string of the molecule is CCSCCCNCC(C)(O)CN(C)C. The van der Waals surface area contributed by atoms with Crippen molar-refractivity contribution in [1.82, 2.24) is 10.2 Å². The fourth-order valence-corrected chi connectivity index (χ4v) is 2.18. The second-order valence-corrected chi connectivity index (χ2v) is 5.86. The molecule has 1 unspecified atom stereocenters. The van der Waals surface area contributed by atoms with Gasteiger partial charge in [-0.1, -0.05) is 6.92 Å². The van der Waals surface area contributed by atoms with Crippen LogP contribution in [0, 0.1) is 0 Å². The summed E-state index contributed by atoms with van der Waals surface area (Å²) in [6, 6.07) is 0. The highest BCUT2D eigenvalue weighted by molar-refractivity contribution is 7.99. The average Bonchev–Trinajstić information content (AvgIpc) is 2.08. The minimum Gasteiger partial charge on any atom is -0.388 e. The number of aliphatic hydroxyl groups is 1. The van der Waals surface area contributed by atoms with Crippen LogP contribution in [0.5, 0.6) is 0 Å². The Bertz CT molecular complexity index is 152. The van der Waals surface area contributed by atoms with Crippen molar-refractivity contribution in [2.75, 3.05) is 45.2 Å². The number of likely N-dealkylation sites (N-methyl/N-ethyl adjacent to an activating group) is 1. The van der Waals surface area contributed by atoms with Gasteiger partial charge in [0.15, 0.2) is 0 Å². The Balaban J connectivity index is 3.40. The summed E-state index contributed by atoms with van der Waals surface area (Å²) in [5, 5.41) is 13.3. The summed E-state index contributed by atoms with van der Waals surface area (Å²) in [5.74, 6) is 2.40. The van der Waals surface area contributed by atoms with E-state index in [1.807, 2.05) is 37.7 Å². The van der Waals surface area contributed by atoms with E-state index in [2.05, 4.69) is 12.2 Å². The molecule has 0 fully saturated rings. The standard InChI is InChI=1S/C11H26N2OS/c1-5-15-8-6-7-12-9-11(2,14)10-13(3)4/h12,14H,5-10H2,1-4H3. The Morgan fingerprint density at radius 2 is 2.07 bits per heavy atom. The molecule has 2 N–H and O–H groups in total. The third-order valence-corrected chi connectivity index (χ3v) is 2.99. The van der Waals surface area contributed by atoms with E-state index >= 15 is 0 Å². The molecule has 0 saturated carbocycles. The van der Waals surface area contributed by atoms with E-state index in [1.165, 1.54) is 17.9 Å². The topological polar surface area (TPSA) is 35.5 Å². The molecule has 92 valence electrons. The first-order valence-corrected chi connectivity index (χ1v) is 6.79. The molecule has 3 nitrogen and oxygen atoms in total. The molecule has 15 heavy (non-hydrogen) atoms. The van der Waals surface area contributed by atoms with Crippen molar-refractivity contribution in [3.8, 4) is 0 Å². The predicted octanol–water partition coefficient (Wildman–Crippen LogP) is 1.03. The highest BCUT2D eigenvalue weighted by atomic mass is 32.2. The molecule has 4 heteroatoms. The summed E-state index contributed by atoms with van der Waals surface area (Å²) in [6.07, 6.45) is 1.18. The van der Waals surface area contributed by atoms with Crippen LogP contribution in [0.1, 0.15) is 20.3 Å². The zero-order chi connectivity index (χ0) is 11.7. The first-order chi connectivity index (χ1) is 6.98. The van der Waals surface area contributed by atoms with Crippen LogP contribution in [-0.2, 0) is 0 Å². The summed E-state index contributed by atoms with van der Waals surface area (Å²) >= 11 is 1.97. The molecule has 0 aliphatic heterocycles. The second-order valence-electron chi connectivity index (χ2n) is 4.46. The second kappa shape index (κ2) is 8.39. The molecular weight excluding hydrogens is 208 g/mol.